The number of alkyl halides is 3. The normalized spacial score (nSPS) is 13.6. The molecule has 0 saturated heterocycles. The van der Waals surface area contributed by atoms with Crippen LogP contribution in [0.25, 0.3) is 0 Å². The minimum atomic E-state index is -4.55. The molecule has 0 aliphatic rings. The van der Waals surface area contributed by atoms with Crippen molar-refractivity contribution in [2.75, 3.05) is 20.8 Å². The Morgan fingerprint density at radius 1 is 1.44 bits per heavy atom. The lowest BCUT2D eigenvalue weighted by Crippen LogP contribution is -2.39. The second-order valence-corrected chi connectivity index (χ2v) is 3.80. The zero-order valence-corrected chi connectivity index (χ0v) is 10.1. The first kappa shape index (κ1) is 14.7. The van der Waals surface area contributed by atoms with Crippen molar-refractivity contribution in [1.29, 1.82) is 0 Å². The summed E-state index contributed by atoms with van der Waals surface area (Å²) in [5.74, 6) is 0. The molecule has 4 nitrogen and oxygen atoms in total. The van der Waals surface area contributed by atoms with Crippen LogP contribution < -0.4 is 10.9 Å². The highest BCUT2D eigenvalue weighted by Gasteiger charge is 2.34. The van der Waals surface area contributed by atoms with Gasteiger partial charge in [0.15, 0.2) is 0 Å². The number of nitrogens with one attached hydrogen (secondary N) is 1. The first-order valence-electron chi connectivity index (χ1n) is 5.33. The highest BCUT2D eigenvalue weighted by atomic mass is 19.4. The third-order valence-corrected chi connectivity index (χ3v) is 2.52. The van der Waals surface area contributed by atoms with Crippen LogP contribution in [-0.2, 0) is 17.5 Å². The molecular formula is C11H15F3N2O2. The van der Waals surface area contributed by atoms with E-state index in [9.17, 15) is 18.0 Å². The second kappa shape index (κ2) is 6.01. The molecule has 1 heterocycles. The van der Waals surface area contributed by atoms with Crippen molar-refractivity contribution in [1.82, 2.24) is 9.88 Å². The maximum Gasteiger partial charge on any atom is 0.431 e. The molecule has 1 N–H and O–H groups in total. The number of methoxy groups -OCH3 is 1. The molecule has 0 fully saturated rings. The van der Waals surface area contributed by atoms with Gasteiger partial charge in [-0.15, -0.1) is 0 Å². The standard InChI is InChI=1S/C11H15F3N2O2/c1-15-8(7-18-2)6-16-9(11(12,13)14)4-3-5-10(16)17/h3-5,8,15H,6-7H2,1-2H3. The van der Waals surface area contributed by atoms with Crippen LogP contribution in [0.5, 0.6) is 0 Å². The summed E-state index contributed by atoms with van der Waals surface area (Å²) in [6.45, 7) is 0.119. The van der Waals surface area contributed by atoms with Crippen LogP contribution in [0.4, 0.5) is 13.2 Å². The fourth-order valence-corrected chi connectivity index (χ4v) is 1.60. The Balaban J connectivity index is 3.10. The van der Waals surface area contributed by atoms with E-state index in [1.54, 1.807) is 7.05 Å². The van der Waals surface area contributed by atoms with Crippen molar-refractivity contribution in [2.24, 2.45) is 0 Å². The van der Waals surface area contributed by atoms with Gasteiger partial charge in [-0.25, -0.2) is 0 Å². The Hall–Kier alpha value is -1.34. The van der Waals surface area contributed by atoms with Crippen molar-refractivity contribution in [3.05, 3.63) is 34.2 Å². The maximum atomic E-state index is 12.8. The lowest BCUT2D eigenvalue weighted by Gasteiger charge is -2.20. The summed E-state index contributed by atoms with van der Waals surface area (Å²) in [5.41, 5.74) is -1.63. The zero-order chi connectivity index (χ0) is 13.8. The lowest BCUT2D eigenvalue weighted by molar-refractivity contribution is -0.144. The quantitative estimate of drug-likeness (QED) is 0.866. The molecule has 0 aliphatic heterocycles. The Morgan fingerprint density at radius 2 is 2.11 bits per heavy atom. The SMILES string of the molecule is CNC(COC)Cn1c(C(F)(F)F)cccc1=O. The molecule has 0 aliphatic carbocycles. The lowest BCUT2D eigenvalue weighted by atomic mass is 10.2. The van der Waals surface area contributed by atoms with E-state index in [4.69, 9.17) is 4.74 Å². The van der Waals surface area contributed by atoms with Gasteiger partial charge in [0.1, 0.15) is 5.69 Å². The monoisotopic (exact) mass is 264 g/mol. The van der Waals surface area contributed by atoms with E-state index in [0.29, 0.717) is 4.57 Å². The molecule has 0 aromatic carbocycles. The number of ether oxygens (including phenoxy) is 1. The predicted octanol–water partition coefficient (Wildman–Crippen LogP) is 1.10. The van der Waals surface area contributed by atoms with Gasteiger partial charge >= 0.3 is 6.18 Å². The van der Waals surface area contributed by atoms with Gasteiger partial charge in [0.05, 0.1) is 6.61 Å². The molecule has 1 aromatic rings. The van der Waals surface area contributed by atoms with Gasteiger partial charge in [-0.2, -0.15) is 13.2 Å². The van der Waals surface area contributed by atoms with Gasteiger partial charge in [-0.3, -0.25) is 4.79 Å². The molecular weight excluding hydrogens is 249 g/mol. The van der Waals surface area contributed by atoms with E-state index in [-0.39, 0.29) is 19.2 Å². The summed E-state index contributed by atoms with van der Waals surface area (Å²) in [5, 5.41) is 2.81. The minimum Gasteiger partial charge on any atom is -0.383 e. The number of halogens is 3. The zero-order valence-electron chi connectivity index (χ0n) is 10.1. The Morgan fingerprint density at radius 3 is 2.61 bits per heavy atom. The fraction of sp³-hybridized carbons (Fsp3) is 0.545. The minimum absolute atomic E-state index is 0.0984. The predicted molar refractivity (Wildman–Crippen MR) is 60.4 cm³/mol. The number of hydrogen-bond donors (Lipinski definition) is 1. The molecule has 1 atom stereocenters. The van der Waals surface area contributed by atoms with Gasteiger partial charge < -0.3 is 14.6 Å². The van der Waals surface area contributed by atoms with E-state index in [0.717, 1.165) is 18.2 Å². The van der Waals surface area contributed by atoms with Crippen molar-refractivity contribution >= 4 is 0 Å². The van der Waals surface area contributed by atoms with E-state index >= 15 is 0 Å². The van der Waals surface area contributed by atoms with Crippen LogP contribution in [0.1, 0.15) is 5.69 Å². The molecule has 1 aromatic heterocycles. The summed E-state index contributed by atoms with van der Waals surface area (Å²) in [6, 6.07) is 2.73. The molecule has 18 heavy (non-hydrogen) atoms. The number of pyridine rings is 1. The van der Waals surface area contributed by atoms with E-state index in [1.165, 1.54) is 7.11 Å². The molecule has 7 heteroatoms. The van der Waals surface area contributed by atoms with Crippen molar-refractivity contribution in [3.8, 4) is 0 Å². The topological polar surface area (TPSA) is 43.3 Å². The average molecular weight is 264 g/mol. The highest BCUT2D eigenvalue weighted by Crippen LogP contribution is 2.28. The van der Waals surface area contributed by atoms with Crippen molar-refractivity contribution in [3.63, 3.8) is 0 Å². The van der Waals surface area contributed by atoms with E-state index in [1.807, 2.05) is 0 Å². The number of hydrogen-bond acceptors (Lipinski definition) is 3. The van der Waals surface area contributed by atoms with Gasteiger partial charge in [-0.05, 0) is 13.1 Å². The van der Waals surface area contributed by atoms with E-state index in [2.05, 4.69) is 5.32 Å². The number of aromatic nitrogens is 1. The van der Waals surface area contributed by atoms with Crippen LogP contribution in [0.3, 0.4) is 0 Å². The van der Waals surface area contributed by atoms with Crippen LogP contribution in [0, 0.1) is 0 Å². The summed E-state index contributed by atoms with van der Waals surface area (Å²) < 4.78 is 43.9. The smallest absolute Gasteiger partial charge is 0.383 e. The Bertz CT molecular complexity index is 443. The first-order chi connectivity index (χ1) is 8.40. The summed E-state index contributed by atoms with van der Waals surface area (Å²) in [4.78, 5) is 11.5. The molecule has 102 valence electrons. The highest BCUT2D eigenvalue weighted by molar-refractivity contribution is 5.10. The maximum absolute atomic E-state index is 12.8. The summed E-state index contributed by atoms with van der Waals surface area (Å²) in [6.07, 6.45) is -4.55. The van der Waals surface area contributed by atoms with Crippen LogP contribution in [-0.4, -0.2) is 31.4 Å². The third kappa shape index (κ3) is 3.58. The number of nitrogens with zero attached hydrogens (tertiary/aromatic N) is 1. The summed E-state index contributed by atoms with van der Waals surface area (Å²) >= 11 is 0. The molecule has 1 unspecified atom stereocenters. The molecule has 0 amide bonds. The number of rotatable bonds is 5. The molecule has 1 rings (SSSR count). The van der Waals surface area contributed by atoms with Gasteiger partial charge in [0.2, 0.25) is 0 Å². The molecule has 0 radical (unpaired) electrons. The largest absolute Gasteiger partial charge is 0.431 e. The van der Waals surface area contributed by atoms with Crippen LogP contribution >= 0.6 is 0 Å². The van der Waals surface area contributed by atoms with Crippen molar-refractivity contribution < 1.29 is 17.9 Å². The van der Waals surface area contributed by atoms with Gasteiger partial charge in [0, 0.05) is 25.8 Å². The third-order valence-electron chi connectivity index (χ3n) is 2.52. The van der Waals surface area contributed by atoms with E-state index < -0.39 is 17.4 Å². The second-order valence-electron chi connectivity index (χ2n) is 3.80. The fourth-order valence-electron chi connectivity index (χ4n) is 1.60. The average Bonchev–Trinajstić information content (AvgIpc) is 2.29. The van der Waals surface area contributed by atoms with Gasteiger partial charge in [-0.1, -0.05) is 6.07 Å². The number of likely N-dealkylation sites (N-methyl/N-ethyl adjacent to an activating group) is 1. The van der Waals surface area contributed by atoms with Crippen LogP contribution in [0.15, 0.2) is 23.0 Å². The Labute approximate surface area is 102 Å². The molecule has 0 saturated carbocycles. The van der Waals surface area contributed by atoms with Gasteiger partial charge in [0.25, 0.3) is 5.56 Å². The first-order valence-corrected chi connectivity index (χ1v) is 5.33. The summed E-state index contributed by atoms with van der Waals surface area (Å²) in [7, 11) is 3.05. The Kier molecular flexibility index (Phi) is 4.92. The molecule has 0 spiro atoms. The van der Waals surface area contributed by atoms with Crippen LogP contribution in [0.2, 0.25) is 0 Å². The molecule has 0 bridgehead atoms. The van der Waals surface area contributed by atoms with Crippen molar-refractivity contribution in [2.45, 2.75) is 18.8 Å².